The molecule has 88 valence electrons. The van der Waals surface area contributed by atoms with E-state index in [9.17, 15) is 9.90 Å². The van der Waals surface area contributed by atoms with Crippen molar-refractivity contribution in [2.45, 2.75) is 25.7 Å². The summed E-state index contributed by atoms with van der Waals surface area (Å²) in [5, 5.41) is 9.49. The molecule has 0 spiro atoms. The lowest BCUT2D eigenvalue weighted by Crippen LogP contribution is -2.06. The van der Waals surface area contributed by atoms with Crippen LogP contribution in [0, 0.1) is 13.8 Å². The molecule has 1 N–H and O–H groups in total. The van der Waals surface area contributed by atoms with E-state index in [0.29, 0.717) is 12.4 Å². The summed E-state index contributed by atoms with van der Waals surface area (Å²) < 4.78 is 4.85. The van der Waals surface area contributed by atoms with Gasteiger partial charge in [-0.25, -0.2) is 0 Å². The third-order valence-corrected chi connectivity index (χ3v) is 3.28. The van der Waals surface area contributed by atoms with Gasteiger partial charge in [0.05, 0.1) is 12.4 Å². The quantitative estimate of drug-likeness (QED) is 0.649. The van der Waals surface area contributed by atoms with E-state index in [4.69, 9.17) is 4.74 Å². The van der Waals surface area contributed by atoms with Crippen LogP contribution in [0.4, 0.5) is 0 Å². The predicted molar refractivity (Wildman–Crippen MR) is 64.9 cm³/mol. The largest absolute Gasteiger partial charge is 0.508 e. The Labute approximate surface area is 99.8 Å². The normalized spacial score (nSPS) is 10.2. The monoisotopic (exact) mass is 240 g/mol. The van der Waals surface area contributed by atoms with Crippen LogP contribution in [-0.2, 0) is 9.53 Å². The molecule has 0 radical (unpaired) electrons. The van der Waals surface area contributed by atoms with Gasteiger partial charge in [-0.1, -0.05) is 0 Å². The first-order valence-electron chi connectivity index (χ1n) is 5.13. The predicted octanol–water partition coefficient (Wildman–Crippen LogP) is 2.66. The highest BCUT2D eigenvalue weighted by Gasteiger charge is 2.07. The summed E-state index contributed by atoms with van der Waals surface area (Å²) >= 11 is 1.43. The number of carbonyl (C=O) groups excluding carboxylic acids is 1. The summed E-state index contributed by atoms with van der Waals surface area (Å²) in [6.07, 6.45) is 0. The minimum Gasteiger partial charge on any atom is -0.508 e. The van der Waals surface area contributed by atoms with Crippen LogP contribution in [0.5, 0.6) is 5.75 Å². The van der Waals surface area contributed by atoms with Gasteiger partial charge in [0.25, 0.3) is 0 Å². The second kappa shape index (κ2) is 5.80. The van der Waals surface area contributed by atoms with E-state index in [-0.39, 0.29) is 11.7 Å². The lowest BCUT2D eigenvalue weighted by molar-refractivity contribution is -0.139. The average molecular weight is 240 g/mol. The molecule has 0 amide bonds. The maximum Gasteiger partial charge on any atom is 0.316 e. The topological polar surface area (TPSA) is 46.5 Å². The first-order chi connectivity index (χ1) is 7.54. The van der Waals surface area contributed by atoms with Crippen molar-refractivity contribution < 1.29 is 14.6 Å². The van der Waals surface area contributed by atoms with Crippen molar-refractivity contribution in [2.75, 3.05) is 12.4 Å². The van der Waals surface area contributed by atoms with Gasteiger partial charge in [0.15, 0.2) is 0 Å². The van der Waals surface area contributed by atoms with E-state index in [2.05, 4.69) is 0 Å². The Bertz CT molecular complexity index is 388. The maximum absolute atomic E-state index is 11.2. The van der Waals surface area contributed by atoms with Crippen molar-refractivity contribution in [1.29, 1.82) is 0 Å². The second-order valence-corrected chi connectivity index (χ2v) is 4.52. The number of hydrogen-bond acceptors (Lipinski definition) is 4. The molecule has 0 heterocycles. The molecule has 0 saturated carbocycles. The number of hydrogen-bond donors (Lipinski definition) is 1. The molecule has 0 atom stereocenters. The standard InChI is InChI=1S/C12H16O3S/c1-4-15-12(14)7-16-11-6-8(2)10(13)5-9(11)3/h5-6,13H,4,7H2,1-3H3. The van der Waals surface area contributed by atoms with Gasteiger partial charge in [-0.2, -0.15) is 0 Å². The van der Waals surface area contributed by atoms with E-state index in [1.165, 1.54) is 11.8 Å². The van der Waals surface area contributed by atoms with Gasteiger partial charge in [-0.3, -0.25) is 4.79 Å². The van der Waals surface area contributed by atoms with E-state index >= 15 is 0 Å². The van der Waals surface area contributed by atoms with Gasteiger partial charge in [0, 0.05) is 4.90 Å². The van der Waals surface area contributed by atoms with Crippen LogP contribution in [0.3, 0.4) is 0 Å². The Hall–Kier alpha value is -1.16. The van der Waals surface area contributed by atoms with Crippen molar-refractivity contribution >= 4 is 17.7 Å². The van der Waals surface area contributed by atoms with Gasteiger partial charge in [-0.05, 0) is 44.0 Å². The molecule has 16 heavy (non-hydrogen) atoms. The third kappa shape index (κ3) is 3.45. The highest BCUT2D eigenvalue weighted by atomic mass is 32.2. The first kappa shape index (κ1) is 12.9. The van der Waals surface area contributed by atoms with Crippen LogP contribution < -0.4 is 0 Å². The smallest absolute Gasteiger partial charge is 0.316 e. The molecule has 0 bridgehead atoms. The highest BCUT2D eigenvalue weighted by molar-refractivity contribution is 8.00. The number of phenolic OH excluding ortho intramolecular Hbond substituents is 1. The molecule has 0 aliphatic heterocycles. The van der Waals surface area contributed by atoms with Crippen molar-refractivity contribution in [3.8, 4) is 5.75 Å². The maximum atomic E-state index is 11.2. The summed E-state index contributed by atoms with van der Waals surface area (Å²) in [6.45, 7) is 5.95. The lowest BCUT2D eigenvalue weighted by Gasteiger charge is -2.08. The zero-order valence-electron chi connectivity index (χ0n) is 9.74. The number of aryl methyl sites for hydroxylation is 2. The molecule has 0 unspecified atom stereocenters. The number of phenols is 1. The molecule has 0 fully saturated rings. The molecule has 4 heteroatoms. The van der Waals surface area contributed by atoms with Crippen molar-refractivity contribution in [2.24, 2.45) is 0 Å². The fraction of sp³-hybridized carbons (Fsp3) is 0.417. The van der Waals surface area contributed by atoms with Crippen molar-refractivity contribution in [3.05, 3.63) is 23.3 Å². The van der Waals surface area contributed by atoms with Gasteiger partial charge in [-0.15, -0.1) is 11.8 Å². The molecule has 0 aromatic heterocycles. The summed E-state index contributed by atoms with van der Waals surface area (Å²) in [4.78, 5) is 12.2. The van der Waals surface area contributed by atoms with E-state index in [1.807, 2.05) is 19.9 Å². The highest BCUT2D eigenvalue weighted by Crippen LogP contribution is 2.28. The number of esters is 1. The zero-order valence-corrected chi connectivity index (χ0v) is 10.6. The van der Waals surface area contributed by atoms with Crippen LogP contribution in [0.25, 0.3) is 0 Å². The van der Waals surface area contributed by atoms with Crippen molar-refractivity contribution in [3.63, 3.8) is 0 Å². The van der Waals surface area contributed by atoms with E-state index < -0.39 is 0 Å². The number of ether oxygens (including phenoxy) is 1. The summed E-state index contributed by atoms with van der Waals surface area (Å²) in [5.41, 5.74) is 1.79. The van der Waals surface area contributed by atoms with Crippen molar-refractivity contribution in [1.82, 2.24) is 0 Å². The second-order valence-electron chi connectivity index (χ2n) is 3.50. The number of thioether (sulfide) groups is 1. The van der Waals surface area contributed by atoms with Gasteiger partial charge in [0.2, 0.25) is 0 Å². The molecule has 1 aromatic carbocycles. The minimum atomic E-state index is -0.211. The number of rotatable bonds is 4. The Balaban J connectivity index is 2.67. The van der Waals surface area contributed by atoms with Gasteiger partial charge < -0.3 is 9.84 Å². The van der Waals surface area contributed by atoms with Gasteiger partial charge >= 0.3 is 5.97 Å². The van der Waals surface area contributed by atoms with Crippen LogP contribution in [0.1, 0.15) is 18.1 Å². The molecule has 1 rings (SSSR count). The first-order valence-corrected chi connectivity index (χ1v) is 6.11. The Morgan fingerprint density at radius 1 is 1.38 bits per heavy atom. The van der Waals surface area contributed by atoms with E-state index in [0.717, 1.165) is 16.0 Å². The molecule has 1 aromatic rings. The van der Waals surface area contributed by atoms with Gasteiger partial charge in [0.1, 0.15) is 5.75 Å². The molecular weight excluding hydrogens is 224 g/mol. The van der Waals surface area contributed by atoms with Crippen LogP contribution in [0.2, 0.25) is 0 Å². The number of aromatic hydroxyl groups is 1. The third-order valence-electron chi connectivity index (χ3n) is 2.14. The fourth-order valence-electron chi connectivity index (χ4n) is 1.27. The minimum absolute atomic E-state index is 0.211. The van der Waals surface area contributed by atoms with Crippen LogP contribution >= 0.6 is 11.8 Å². The Morgan fingerprint density at radius 2 is 2.06 bits per heavy atom. The Kier molecular flexibility index (Phi) is 4.68. The van der Waals surface area contributed by atoms with Crippen LogP contribution in [0.15, 0.2) is 17.0 Å². The SMILES string of the molecule is CCOC(=O)CSc1cc(C)c(O)cc1C. The zero-order chi connectivity index (χ0) is 12.1. The summed E-state index contributed by atoms with van der Waals surface area (Å²) in [6, 6.07) is 3.59. The molecular formula is C12H16O3S. The average Bonchev–Trinajstić information content (AvgIpc) is 2.22. The lowest BCUT2D eigenvalue weighted by atomic mass is 10.1. The summed E-state index contributed by atoms with van der Waals surface area (Å²) in [5.74, 6) is 0.384. The molecule has 0 aliphatic carbocycles. The number of carbonyl (C=O) groups is 1. The summed E-state index contributed by atoms with van der Waals surface area (Å²) in [7, 11) is 0. The molecule has 0 aliphatic rings. The van der Waals surface area contributed by atoms with Crippen LogP contribution in [-0.4, -0.2) is 23.4 Å². The Morgan fingerprint density at radius 3 is 2.69 bits per heavy atom. The molecule has 3 nitrogen and oxygen atoms in total. The molecule has 0 saturated heterocycles. The van der Waals surface area contributed by atoms with E-state index in [1.54, 1.807) is 13.0 Å². The fourth-order valence-corrected chi connectivity index (χ4v) is 2.17. The number of benzene rings is 1.